The smallest absolute Gasteiger partial charge is 0.163 e. The fourth-order valence-electron chi connectivity index (χ4n) is 2.72. The zero-order chi connectivity index (χ0) is 17.4. The van der Waals surface area contributed by atoms with E-state index < -0.39 is 0 Å². The van der Waals surface area contributed by atoms with E-state index in [0.717, 1.165) is 30.0 Å². The van der Waals surface area contributed by atoms with Gasteiger partial charge < -0.3 is 9.84 Å². The Kier molecular flexibility index (Phi) is 4.46. The van der Waals surface area contributed by atoms with Crippen molar-refractivity contribution in [2.75, 3.05) is 7.11 Å². The van der Waals surface area contributed by atoms with Gasteiger partial charge in [-0.3, -0.25) is 10.2 Å². The zero-order valence-corrected chi connectivity index (χ0v) is 15.2. The van der Waals surface area contributed by atoms with Gasteiger partial charge >= 0.3 is 0 Å². The van der Waals surface area contributed by atoms with Crippen molar-refractivity contribution in [3.8, 4) is 11.5 Å². The van der Waals surface area contributed by atoms with E-state index in [1.807, 2.05) is 6.92 Å². The molecule has 2 rings (SSSR count). The van der Waals surface area contributed by atoms with Gasteiger partial charge in [0.15, 0.2) is 11.5 Å². The van der Waals surface area contributed by atoms with Gasteiger partial charge in [-0.25, -0.2) is 0 Å². The molecule has 0 saturated heterocycles. The number of hydrogen-bond acceptors (Lipinski definition) is 4. The van der Waals surface area contributed by atoms with E-state index >= 15 is 0 Å². The number of aromatic hydroxyl groups is 1. The Morgan fingerprint density at radius 2 is 1.65 bits per heavy atom. The van der Waals surface area contributed by atoms with Crippen molar-refractivity contribution >= 4 is 0 Å². The van der Waals surface area contributed by atoms with Crippen molar-refractivity contribution in [1.29, 1.82) is 0 Å². The fourth-order valence-corrected chi connectivity index (χ4v) is 2.72. The van der Waals surface area contributed by atoms with E-state index in [2.05, 4.69) is 55.0 Å². The number of nitrogens with zero attached hydrogens (tertiary/aromatic N) is 2. The minimum atomic E-state index is -0.257. The van der Waals surface area contributed by atoms with Gasteiger partial charge in [-0.15, -0.1) is 0 Å². The summed E-state index contributed by atoms with van der Waals surface area (Å²) in [4.78, 5) is 0. The van der Waals surface area contributed by atoms with Gasteiger partial charge in [0.25, 0.3) is 0 Å². The fraction of sp³-hybridized carbons (Fsp3) is 0.647. The molecule has 0 atom stereocenters. The minimum Gasteiger partial charge on any atom is -0.504 e. The molecule has 2 aromatic heterocycles. The first-order valence-corrected chi connectivity index (χ1v) is 7.94. The summed E-state index contributed by atoms with van der Waals surface area (Å²) in [5, 5.41) is 24.8. The molecular weight excluding hydrogens is 292 g/mol. The number of ether oxygens (including phenoxy) is 1. The lowest BCUT2D eigenvalue weighted by atomic mass is 9.83. The van der Waals surface area contributed by atoms with Crippen LogP contribution in [0.4, 0.5) is 0 Å². The Bertz CT molecular complexity index is 677. The topological polar surface area (TPSA) is 86.8 Å². The van der Waals surface area contributed by atoms with Crippen molar-refractivity contribution in [2.24, 2.45) is 0 Å². The maximum atomic E-state index is 10.1. The zero-order valence-electron chi connectivity index (χ0n) is 15.2. The standard InChI is InChI=1S/C17H28N4O2/c1-10-12(22)14(20-18-10)17(5,6)9-8-11-13(23-7)15(21-19-11)16(2,3)4/h22H,8-9H2,1-7H3,(H,18,20)(H,19,21). The van der Waals surface area contributed by atoms with Gasteiger partial charge in [0.05, 0.1) is 18.5 Å². The molecule has 0 unspecified atom stereocenters. The Balaban J connectivity index is 2.21. The van der Waals surface area contributed by atoms with E-state index in [4.69, 9.17) is 4.74 Å². The third-order valence-corrected chi connectivity index (χ3v) is 4.26. The van der Waals surface area contributed by atoms with Crippen LogP contribution in [0.15, 0.2) is 0 Å². The predicted octanol–water partition coefficient (Wildman–Crippen LogP) is 3.36. The highest BCUT2D eigenvalue weighted by Gasteiger charge is 2.30. The number of hydrogen-bond donors (Lipinski definition) is 3. The van der Waals surface area contributed by atoms with Gasteiger partial charge in [0.2, 0.25) is 0 Å². The molecule has 0 bridgehead atoms. The number of nitrogens with one attached hydrogen (secondary N) is 2. The average Bonchev–Trinajstić information content (AvgIpc) is 3.01. The quantitative estimate of drug-likeness (QED) is 0.788. The largest absolute Gasteiger partial charge is 0.504 e. The Morgan fingerprint density at radius 3 is 2.13 bits per heavy atom. The van der Waals surface area contributed by atoms with Crippen LogP contribution in [-0.4, -0.2) is 32.6 Å². The second-order valence-electron chi connectivity index (χ2n) is 7.76. The molecule has 0 aromatic carbocycles. The van der Waals surface area contributed by atoms with Crippen LogP contribution >= 0.6 is 0 Å². The number of aromatic nitrogens is 4. The van der Waals surface area contributed by atoms with Crippen LogP contribution in [0, 0.1) is 6.92 Å². The second-order valence-corrected chi connectivity index (χ2v) is 7.76. The number of H-pyrrole nitrogens is 2. The van der Waals surface area contributed by atoms with Gasteiger partial charge in [-0.2, -0.15) is 10.2 Å². The van der Waals surface area contributed by atoms with Crippen molar-refractivity contribution in [1.82, 2.24) is 20.4 Å². The third-order valence-electron chi connectivity index (χ3n) is 4.26. The average molecular weight is 320 g/mol. The van der Waals surface area contributed by atoms with E-state index in [-0.39, 0.29) is 16.6 Å². The molecule has 0 spiro atoms. The molecule has 2 heterocycles. The molecular formula is C17H28N4O2. The monoisotopic (exact) mass is 320 g/mol. The molecule has 0 aliphatic heterocycles. The van der Waals surface area contributed by atoms with Gasteiger partial charge in [-0.1, -0.05) is 34.6 Å². The summed E-state index contributed by atoms with van der Waals surface area (Å²) in [6.07, 6.45) is 1.58. The molecule has 2 aromatic rings. The van der Waals surface area contributed by atoms with Crippen LogP contribution in [0.1, 0.15) is 63.8 Å². The van der Waals surface area contributed by atoms with Crippen LogP contribution in [0.3, 0.4) is 0 Å². The van der Waals surface area contributed by atoms with Crippen LogP contribution in [0.25, 0.3) is 0 Å². The summed E-state index contributed by atoms with van der Waals surface area (Å²) in [5.41, 5.74) is 2.98. The predicted molar refractivity (Wildman–Crippen MR) is 90.2 cm³/mol. The first-order valence-electron chi connectivity index (χ1n) is 7.94. The van der Waals surface area contributed by atoms with Gasteiger partial charge in [0.1, 0.15) is 11.4 Å². The summed E-state index contributed by atoms with van der Waals surface area (Å²) in [7, 11) is 1.68. The summed E-state index contributed by atoms with van der Waals surface area (Å²) in [6.45, 7) is 12.3. The molecule has 6 nitrogen and oxygen atoms in total. The van der Waals surface area contributed by atoms with E-state index in [1.165, 1.54) is 0 Å². The lowest BCUT2D eigenvalue weighted by Gasteiger charge is -2.22. The van der Waals surface area contributed by atoms with Crippen LogP contribution in [-0.2, 0) is 17.3 Å². The molecule has 23 heavy (non-hydrogen) atoms. The summed E-state index contributed by atoms with van der Waals surface area (Å²) in [6, 6.07) is 0. The Labute approximate surface area is 137 Å². The van der Waals surface area contributed by atoms with Crippen molar-refractivity contribution < 1.29 is 9.84 Å². The Morgan fingerprint density at radius 1 is 1.04 bits per heavy atom. The maximum Gasteiger partial charge on any atom is 0.163 e. The van der Waals surface area contributed by atoms with E-state index in [1.54, 1.807) is 7.11 Å². The summed E-state index contributed by atoms with van der Waals surface area (Å²) in [5.74, 6) is 1.08. The number of aromatic amines is 2. The molecule has 3 N–H and O–H groups in total. The van der Waals surface area contributed by atoms with Crippen molar-refractivity contribution in [3.63, 3.8) is 0 Å². The highest BCUT2D eigenvalue weighted by atomic mass is 16.5. The first kappa shape index (κ1) is 17.4. The summed E-state index contributed by atoms with van der Waals surface area (Å²) >= 11 is 0. The molecule has 0 fully saturated rings. The van der Waals surface area contributed by atoms with Crippen LogP contribution in [0.2, 0.25) is 0 Å². The van der Waals surface area contributed by atoms with Crippen LogP contribution < -0.4 is 4.74 Å². The lowest BCUT2D eigenvalue weighted by Crippen LogP contribution is -2.19. The van der Waals surface area contributed by atoms with Crippen LogP contribution in [0.5, 0.6) is 11.5 Å². The molecule has 0 aliphatic carbocycles. The van der Waals surface area contributed by atoms with Crippen molar-refractivity contribution in [2.45, 2.75) is 65.2 Å². The van der Waals surface area contributed by atoms with Gasteiger partial charge in [-0.05, 0) is 19.8 Å². The number of aryl methyl sites for hydroxylation is 2. The first-order chi connectivity index (χ1) is 10.6. The van der Waals surface area contributed by atoms with E-state index in [0.29, 0.717) is 11.4 Å². The van der Waals surface area contributed by atoms with E-state index in [9.17, 15) is 5.11 Å². The summed E-state index contributed by atoms with van der Waals surface area (Å²) < 4.78 is 5.58. The number of methoxy groups -OCH3 is 1. The van der Waals surface area contributed by atoms with Crippen molar-refractivity contribution in [3.05, 3.63) is 22.8 Å². The second kappa shape index (κ2) is 5.91. The molecule has 6 heteroatoms. The highest BCUT2D eigenvalue weighted by molar-refractivity contribution is 5.38. The molecule has 0 radical (unpaired) electrons. The minimum absolute atomic E-state index is 0.0762. The SMILES string of the molecule is COc1c(C(C)(C)C)n[nH]c1CCC(C)(C)c1n[nH]c(C)c1O. The third kappa shape index (κ3) is 3.35. The molecule has 0 aliphatic rings. The number of rotatable bonds is 5. The molecule has 0 saturated carbocycles. The lowest BCUT2D eigenvalue weighted by molar-refractivity contribution is 0.385. The molecule has 128 valence electrons. The molecule has 0 amide bonds. The normalized spacial score (nSPS) is 12.7. The Hall–Kier alpha value is -1.98. The van der Waals surface area contributed by atoms with Gasteiger partial charge in [0, 0.05) is 10.8 Å². The maximum absolute atomic E-state index is 10.1. The highest BCUT2D eigenvalue weighted by Crippen LogP contribution is 2.37.